The zero-order chi connectivity index (χ0) is 18.8. The van der Waals surface area contributed by atoms with Crippen LogP contribution in [0.15, 0.2) is 54.7 Å². The Hall–Kier alpha value is -3.48. The minimum atomic E-state index is -0.243. The van der Waals surface area contributed by atoms with E-state index < -0.39 is 0 Å². The van der Waals surface area contributed by atoms with Crippen molar-refractivity contribution in [2.45, 2.75) is 12.6 Å². The number of anilines is 2. The number of nitrogens with one attached hydrogen (secondary N) is 2. The quantitative estimate of drug-likeness (QED) is 0.726. The average molecular weight is 364 g/mol. The summed E-state index contributed by atoms with van der Waals surface area (Å²) in [6, 6.07) is 15.4. The van der Waals surface area contributed by atoms with Crippen LogP contribution in [0, 0.1) is 0 Å². The van der Waals surface area contributed by atoms with Crippen LogP contribution in [0.4, 0.5) is 11.5 Å². The molecule has 2 N–H and O–H groups in total. The number of hydrogen-bond acceptors (Lipinski definition) is 5. The summed E-state index contributed by atoms with van der Waals surface area (Å²) in [7, 11) is 3.14. The maximum Gasteiger partial charge on any atom is 0.261 e. The maximum absolute atomic E-state index is 12.8. The molecule has 1 aromatic heterocycles. The number of benzene rings is 2. The Bertz CT molecular complexity index is 946. The Labute approximate surface area is 156 Å². The van der Waals surface area contributed by atoms with Crippen LogP contribution in [-0.2, 0) is 6.54 Å². The summed E-state index contributed by atoms with van der Waals surface area (Å²) in [6.45, 7) is 0.680. The second kappa shape index (κ2) is 7.03. The van der Waals surface area contributed by atoms with Crippen LogP contribution in [-0.4, -0.2) is 29.9 Å². The van der Waals surface area contributed by atoms with Gasteiger partial charge in [0.25, 0.3) is 5.91 Å². The molecule has 138 valence electrons. The third-order valence-electron chi connectivity index (χ3n) is 4.56. The van der Waals surface area contributed by atoms with Crippen molar-refractivity contribution in [1.82, 2.24) is 9.78 Å². The number of fused-ring (bicyclic) bond motifs is 1. The lowest BCUT2D eigenvalue weighted by atomic mass is 10.1. The third-order valence-corrected chi connectivity index (χ3v) is 4.56. The van der Waals surface area contributed by atoms with Crippen LogP contribution in [0.2, 0.25) is 0 Å². The minimum absolute atomic E-state index is 0.0957. The standard InChI is InChI=1S/C20H20N4O3/c1-26-15-8-14(9-16(10-15)27-2)22-20(25)17-11-21-24-12-18(23-19(17)24)13-6-4-3-5-7-13/h3-11,18,23H,12H2,1-2H3,(H,22,25). The SMILES string of the molecule is COc1cc(NC(=O)c2cnn3c2NC(c2ccccc2)C3)cc(OC)c1. The lowest BCUT2D eigenvalue weighted by molar-refractivity contribution is 0.102. The molecule has 1 unspecified atom stereocenters. The molecule has 4 rings (SSSR count). The van der Waals surface area contributed by atoms with E-state index in [0.29, 0.717) is 29.3 Å². The van der Waals surface area contributed by atoms with Crippen LogP contribution >= 0.6 is 0 Å². The molecule has 27 heavy (non-hydrogen) atoms. The van der Waals surface area contributed by atoms with Gasteiger partial charge in [0, 0.05) is 23.9 Å². The van der Waals surface area contributed by atoms with E-state index in [9.17, 15) is 4.79 Å². The number of aromatic nitrogens is 2. The highest BCUT2D eigenvalue weighted by molar-refractivity contribution is 6.07. The van der Waals surface area contributed by atoms with Crippen molar-refractivity contribution >= 4 is 17.4 Å². The zero-order valence-electron chi connectivity index (χ0n) is 15.1. The fraction of sp³-hybridized carbons (Fsp3) is 0.200. The van der Waals surface area contributed by atoms with Crippen molar-refractivity contribution in [1.29, 1.82) is 0 Å². The highest BCUT2D eigenvalue weighted by Gasteiger charge is 2.28. The molecule has 0 fully saturated rings. The summed E-state index contributed by atoms with van der Waals surface area (Å²) < 4.78 is 12.3. The van der Waals surface area contributed by atoms with Crippen molar-refractivity contribution in [2.75, 3.05) is 24.9 Å². The lowest BCUT2D eigenvalue weighted by Crippen LogP contribution is -2.14. The fourth-order valence-corrected chi connectivity index (χ4v) is 3.18. The molecule has 1 amide bonds. The summed E-state index contributed by atoms with van der Waals surface area (Å²) in [6.07, 6.45) is 1.58. The number of methoxy groups -OCH3 is 2. The van der Waals surface area contributed by atoms with Crippen LogP contribution in [0.25, 0.3) is 0 Å². The molecule has 7 heteroatoms. The Morgan fingerprint density at radius 1 is 1.15 bits per heavy atom. The van der Waals surface area contributed by atoms with Gasteiger partial charge < -0.3 is 20.1 Å². The molecule has 0 bridgehead atoms. The highest BCUT2D eigenvalue weighted by atomic mass is 16.5. The van der Waals surface area contributed by atoms with Crippen molar-refractivity contribution in [3.8, 4) is 11.5 Å². The highest BCUT2D eigenvalue weighted by Crippen LogP contribution is 2.32. The number of carbonyl (C=O) groups is 1. The Morgan fingerprint density at radius 2 is 1.85 bits per heavy atom. The average Bonchev–Trinajstić information content (AvgIpc) is 3.29. The van der Waals surface area contributed by atoms with Gasteiger partial charge in [0.1, 0.15) is 22.9 Å². The van der Waals surface area contributed by atoms with Crippen molar-refractivity contribution < 1.29 is 14.3 Å². The van der Waals surface area contributed by atoms with Gasteiger partial charge in [-0.3, -0.25) is 4.79 Å². The van der Waals surface area contributed by atoms with Gasteiger partial charge in [-0.25, -0.2) is 4.68 Å². The van der Waals surface area contributed by atoms with Gasteiger partial charge in [0.15, 0.2) is 0 Å². The molecular weight excluding hydrogens is 344 g/mol. The molecule has 2 heterocycles. The summed E-state index contributed by atoms with van der Waals surface area (Å²) in [5.74, 6) is 1.68. The second-order valence-electron chi connectivity index (χ2n) is 6.25. The topological polar surface area (TPSA) is 77.4 Å². The van der Waals surface area contributed by atoms with Gasteiger partial charge in [-0.15, -0.1) is 0 Å². The first-order chi connectivity index (χ1) is 13.2. The van der Waals surface area contributed by atoms with E-state index in [-0.39, 0.29) is 11.9 Å². The van der Waals surface area contributed by atoms with Crippen LogP contribution in [0.1, 0.15) is 22.0 Å². The molecule has 0 radical (unpaired) electrons. The first-order valence-corrected chi connectivity index (χ1v) is 8.59. The van der Waals surface area contributed by atoms with E-state index in [4.69, 9.17) is 9.47 Å². The summed E-state index contributed by atoms with van der Waals surface area (Å²) in [5.41, 5.74) is 2.25. The molecule has 0 aliphatic carbocycles. The predicted octanol–water partition coefficient (Wildman–Crippen LogP) is 3.32. The van der Waals surface area contributed by atoms with E-state index in [1.54, 1.807) is 38.6 Å². The smallest absolute Gasteiger partial charge is 0.261 e. The van der Waals surface area contributed by atoms with E-state index in [0.717, 1.165) is 11.4 Å². The predicted molar refractivity (Wildman–Crippen MR) is 103 cm³/mol. The Balaban J connectivity index is 1.54. The van der Waals surface area contributed by atoms with E-state index >= 15 is 0 Å². The summed E-state index contributed by atoms with van der Waals surface area (Å²) in [4.78, 5) is 12.8. The van der Waals surface area contributed by atoms with E-state index in [1.807, 2.05) is 22.9 Å². The number of hydrogen-bond donors (Lipinski definition) is 2. The molecule has 1 aliphatic rings. The molecule has 3 aromatic rings. The molecule has 0 saturated carbocycles. The first kappa shape index (κ1) is 17.0. The number of carbonyl (C=O) groups excluding carboxylic acids is 1. The number of rotatable bonds is 5. The molecule has 7 nitrogen and oxygen atoms in total. The van der Waals surface area contributed by atoms with Gasteiger partial charge in [-0.05, 0) is 5.56 Å². The molecule has 0 spiro atoms. The largest absolute Gasteiger partial charge is 0.497 e. The molecule has 2 aromatic carbocycles. The monoisotopic (exact) mass is 364 g/mol. The van der Waals surface area contributed by atoms with Crippen LogP contribution in [0.3, 0.4) is 0 Å². The second-order valence-corrected chi connectivity index (χ2v) is 6.25. The van der Waals surface area contributed by atoms with E-state index in [2.05, 4.69) is 27.9 Å². The molecule has 0 saturated heterocycles. The van der Waals surface area contributed by atoms with Gasteiger partial charge in [-0.2, -0.15) is 5.10 Å². The number of ether oxygens (including phenoxy) is 2. The molecular formula is C20H20N4O3. The summed E-state index contributed by atoms with van der Waals surface area (Å²) in [5, 5.41) is 10.6. The van der Waals surface area contributed by atoms with Crippen molar-refractivity contribution in [3.63, 3.8) is 0 Å². The Kier molecular flexibility index (Phi) is 4.42. The van der Waals surface area contributed by atoms with Gasteiger partial charge >= 0.3 is 0 Å². The molecule has 1 atom stereocenters. The van der Waals surface area contributed by atoms with E-state index in [1.165, 1.54) is 0 Å². The number of nitrogens with zero attached hydrogens (tertiary/aromatic N) is 2. The van der Waals surface area contributed by atoms with Gasteiger partial charge in [-0.1, -0.05) is 30.3 Å². The van der Waals surface area contributed by atoms with Crippen molar-refractivity contribution in [3.05, 3.63) is 65.9 Å². The number of amides is 1. The first-order valence-electron chi connectivity index (χ1n) is 8.59. The molecule has 1 aliphatic heterocycles. The minimum Gasteiger partial charge on any atom is -0.497 e. The van der Waals surface area contributed by atoms with Crippen LogP contribution < -0.4 is 20.1 Å². The maximum atomic E-state index is 12.8. The van der Waals surface area contributed by atoms with Crippen molar-refractivity contribution in [2.24, 2.45) is 0 Å². The lowest BCUT2D eigenvalue weighted by Gasteiger charge is -2.12. The van der Waals surface area contributed by atoms with Gasteiger partial charge in [0.2, 0.25) is 0 Å². The van der Waals surface area contributed by atoms with Gasteiger partial charge in [0.05, 0.1) is 33.0 Å². The van der Waals surface area contributed by atoms with Crippen LogP contribution in [0.5, 0.6) is 11.5 Å². The third kappa shape index (κ3) is 3.31. The Morgan fingerprint density at radius 3 is 2.52 bits per heavy atom. The summed E-state index contributed by atoms with van der Waals surface area (Å²) >= 11 is 0. The fourth-order valence-electron chi connectivity index (χ4n) is 3.18. The normalized spacial score (nSPS) is 15.0. The zero-order valence-corrected chi connectivity index (χ0v) is 15.1.